The SMILES string of the molecule is CCC(CNC1CCCC(C#N)C1)Oc1ccccc1C. The first-order valence-electron chi connectivity index (χ1n) is 8.08. The average Bonchev–Trinajstić information content (AvgIpc) is 2.53. The summed E-state index contributed by atoms with van der Waals surface area (Å²) in [6, 6.07) is 11.0. The first-order valence-corrected chi connectivity index (χ1v) is 8.08. The molecule has 1 aromatic rings. The molecule has 0 heterocycles. The van der Waals surface area contributed by atoms with Gasteiger partial charge in [0.2, 0.25) is 0 Å². The number of para-hydroxylation sites is 1. The summed E-state index contributed by atoms with van der Waals surface area (Å²) in [5.74, 6) is 1.21. The Hall–Kier alpha value is -1.53. The van der Waals surface area contributed by atoms with Crippen molar-refractivity contribution in [2.24, 2.45) is 5.92 Å². The standard InChI is InChI=1S/C18H26N2O/c1-3-17(21-18-10-5-4-7-14(18)2)13-20-16-9-6-8-15(11-16)12-19/h4-5,7,10,15-17,20H,3,6,8-9,11,13H2,1-2H3. The minimum absolute atomic E-state index is 0.188. The van der Waals surface area contributed by atoms with Gasteiger partial charge in [0.15, 0.2) is 0 Å². The largest absolute Gasteiger partial charge is 0.489 e. The van der Waals surface area contributed by atoms with Crippen molar-refractivity contribution in [1.29, 1.82) is 5.26 Å². The topological polar surface area (TPSA) is 45.0 Å². The molecule has 1 fully saturated rings. The maximum Gasteiger partial charge on any atom is 0.122 e. The molecular formula is C18H26N2O. The van der Waals surface area contributed by atoms with Crippen molar-refractivity contribution in [3.05, 3.63) is 29.8 Å². The van der Waals surface area contributed by atoms with Gasteiger partial charge in [-0.15, -0.1) is 0 Å². The number of nitriles is 1. The number of ether oxygens (including phenoxy) is 1. The van der Waals surface area contributed by atoms with Crippen molar-refractivity contribution in [3.8, 4) is 11.8 Å². The lowest BCUT2D eigenvalue weighted by Crippen LogP contribution is -2.40. The summed E-state index contributed by atoms with van der Waals surface area (Å²) >= 11 is 0. The Morgan fingerprint density at radius 2 is 2.19 bits per heavy atom. The summed E-state index contributed by atoms with van der Waals surface area (Å²) in [7, 11) is 0. The molecule has 0 spiro atoms. The third kappa shape index (κ3) is 4.75. The minimum atomic E-state index is 0.188. The Kier molecular flexibility index (Phi) is 6.07. The van der Waals surface area contributed by atoms with E-state index in [4.69, 9.17) is 10.00 Å². The van der Waals surface area contributed by atoms with Gasteiger partial charge in [-0.1, -0.05) is 31.5 Å². The average molecular weight is 286 g/mol. The van der Waals surface area contributed by atoms with Crippen molar-refractivity contribution in [2.75, 3.05) is 6.54 Å². The van der Waals surface area contributed by atoms with Crippen LogP contribution in [0, 0.1) is 24.2 Å². The van der Waals surface area contributed by atoms with Crippen LogP contribution in [0.5, 0.6) is 5.75 Å². The van der Waals surface area contributed by atoms with Crippen LogP contribution in [0.2, 0.25) is 0 Å². The molecule has 0 aliphatic heterocycles. The first-order chi connectivity index (χ1) is 10.2. The first kappa shape index (κ1) is 15.9. The number of nitrogens with zero attached hydrogens (tertiary/aromatic N) is 1. The fourth-order valence-corrected chi connectivity index (χ4v) is 2.93. The van der Waals surface area contributed by atoms with Gasteiger partial charge in [0.25, 0.3) is 0 Å². The summed E-state index contributed by atoms with van der Waals surface area (Å²) < 4.78 is 6.11. The van der Waals surface area contributed by atoms with E-state index in [-0.39, 0.29) is 12.0 Å². The Balaban J connectivity index is 1.83. The molecule has 114 valence electrons. The Bertz CT molecular complexity index is 480. The van der Waals surface area contributed by atoms with Crippen molar-refractivity contribution in [3.63, 3.8) is 0 Å². The highest BCUT2D eigenvalue weighted by atomic mass is 16.5. The molecule has 1 aliphatic rings. The number of rotatable bonds is 6. The van der Waals surface area contributed by atoms with Crippen molar-refractivity contribution < 1.29 is 4.74 Å². The lowest BCUT2D eigenvalue weighted by atomic mass is 9.86. The highest BCUT2D eigenvalue weighted by Crippen LogP contribution is 2.24. The maximum absolute atomic E-state index is 9.06. The van der Waals surface area contributed by atoms with E-state index in [0.717, 1.165) is 38.0 Å². The van der Waals surface area contributed by atoms with Gasteiger partial charge in [-0.25, -0.2) is 0 Å². The summed E-state index contributed by atoms with van der Waals surface area (Å²) in [5, 5.41) is 12.7. The number of nitrogens with one attached hydrogen (secondary N) is 1. The van der Waals surface area contributed by atoms with Crippen LogP contribution in [0.4, 0.5) is 0 Å². The molecule has 1 N–H and O–H groups in total. The number of hydrogen-bond donors (Lipinski definition) is 1. The van der Waals surface area contributed by atoms with Crippen LogP contribution in [-0.2, 0) is 0 Å². The zero-order chi connectivity index (χ0) is 15.1. The molecule has 3 atom stereocenters. The van der Waals surface area contributed by atoms with Crippen LogP contribution in [0.25, 0.3) is 0 Å². The van der Waals surface area contributed by atoms with Gasteiger partial charge in [-0.3, -0.25) is 0 Å². The van der Waals surface area contributed by atoms with E-state index in [1.54, 1.807) is 0 Å². The maximum atomic E-state index is 9.06. The summed E-state index contributed by atoms with van der Waals surface area (Å²) in [5.41, 5.74) is 1.18. The van der Waals surface area contributed by atoms with Gasteiger partial charge < -0.3 is 10.1 Å². The van der Waals surface area contributed by atoms with Gasteiger partial charge in [0.05, 0.1) is 6.07 Å². The van der Waals surface area contributed by atoms with E-state index < -0.39 is 0 Å². The van der Waals surface area contributed by atoms with Gasteiger partial charge in [0, 0.05) is 18.5 Å². The van der Waals surface area contributed by atoms with Gasteiger partial charge in [-0.05, 0) is 44.2 Å². The zero-order valence-corrected chi connectivity index (χ0v) is 13.1. The fraction of sp³-hybridized carbons (Fsp3) is 0.611. The van der Waals surface area contributed by atoms with E-state index >= 15 is 0 Å². The van der Waals surface area contributed by atoms with E-state index in [1.165, 1.54) is 12.0 Å². The second-order valence-electron chi connectivity index (χ2n) is 6.01. The molecule has 3 nitrogen and oxygen atoms in total. The normalized spacial score (nSPS) is 23.3. The highest BCUT2D eigenvalue weighted by molar-refractivity contribution is 5.31. The molecule has 0 saturated heterocycles. The Morgan fingerprint density at radius 3 is 2.90 bits per heavy atom. The third-order valence-electron chi connectivity index (χ3n) is 4.33. The summed E-state index contributed by atoms with van der Waals surface area (Å²) in [6.07, 6.45) is 5.55. The quantitative estimate of drug-likeness (QED) is 0.864. The highest BCUT2D eigenvalue weighted by Gasteiger charge is 2.22. The van der Waals surface area contributed by atoms with Crippen LogP contribution in [0.3, 0.4) is 0 Å². The van der Waals surface area contributed by atoms with Crippen LogP contribution in [0.1, 0.15) is 44.6 Å². The molecule has 21 heavy (non-hydrogen) atoms. The molecule has 3 heteroatoms. The molecule has 0 bridgehead atoms. The number of hydrogen-bond acceptors (Lipinski definition) is 3. The molecule has 1 aliphatic carbocycles. The van der Waals surface area contributed by atoms with E-state index in [9.17, 15) is 0 Å². The van der Waals surface area contributed by atoms with Gasteiger partial charge >= 0.3 is 0 Å². The molecule has 0 radical (unpaired) electrons. The van der Waals surface area contributed by atoms with Crippen LogP contribution in [0.15, 0.2) is 24.3 Å². The zero-order valence-electron chi connectivity index (χ0n) is 13.1. The molecule has 1 saturated carbocycles. The van der Waals surface area contributed by atoms with Crippen molar-refractivity contribution in [1.82, 2.24) is 5.32 Å². The van der Waals surface area contributed by atoms with E-state index in [1.807, 2.05) is 18.2 Å². The second kappa shape index (κ2) is 8.05. The predicted octanol–water partition coefficient (Wildman–Crippen LogP) is 3.82. The van der Waals surface area contributed by atoms with Crippen LogP contribution in [-0.4, -0.2) is 18.7 Å². The monoisotopic (exact) mass is 286 g/mol. The third-order valence-corrected chi connectivity index (χ3v) is 4.33. The molecular weight excluding hydrogens is 260 g/mol. The van der Waals surface area contributed by atoms with Crippen LogP contribution < -0.4 is 10.1 Å². The number of aryl methyl sites for hydroxylation is 1. The minimum Gasteiger partial charge on any atom is -0.489 e. The summed E-state index contributed by atoms with van der Waals surface area (Å²) in [4.78, 5) is 0. The van der Waals surface area contributed by atoms with Crippen molar-refractivity contribution >= 4 is 0 Å². The second-order valence-corrected chi connectivity index (χ2v) is 6.01. The molecule has 0 aromatic heterocycles. The van der Waals surface area contributed by atoms with Gasteiger partial charge in [0.1, 0.15) is 11.9 Å². The van der Waals surface area contributed by atoms with Crippen molar-refractivity contribution in [2.45, 2.75) is 58.1 Å². The predicted molar refractivity (Wildman–Crippen MR) is 85.2 cm³/mol. The molecule has 3 unspecified atom stereocenters. The van der Waals surface area contributed by atoms with E-state index in [0.29, 0.717) is 6.04 Å². The van der Waals surface area contributed by atoms with Gasteiger partial charge in [-0.2, -0.15) is 5.26 Å². The van der Waals surface area contributed by atoms with E-state index in [2.05, 4.69) is 31.3 Å². The molecule has 0 amide bonds. The molecule has 2 rings (SSSR count). The lowest BCUT2D eigenvalue weighted by molar-refractivity contribution is 0.180. The fourth-order valence-electron chi connectivity index (χ4n) is 2.93. The Morgan fingerprint density at radius 1 is 1.38 bits per heavy atom. The van der Waals surface area contributed by atoms with Crippen LogP contribution >= 0.6 is 0 Å². The smallest absolute Gasteiger partial charge is 0.122 e. The lowest BCUT2D eigenvalue weighted by Gasteiger charge is -2.28. The Labute approximate surface area is 128 Å². The summed E-state index contributed by atoms with van der Waals surface area (Å²) in [6.45, 7) is 5.09. The number of benzene rings is 1. The molecule has 1 aromatic carbocycles.